The fourth-order valence-corrected chi connectivity index (χ4v) is 3.61. The Morgan fingerprint density at radius 1 is 0.960 bits per heavy atom. The van der Waals surface area contributed by atoms with Gasteiger partial charge in [0.1, 0.15) is 5.75 Å². The van der Waals surface area contributed by atoms with E-state index in [1.807, 2.05) is 24.3 Å². The molecule has 3 rings (SSSR count). The summed E-state index contributed by atoms with van der Waals surface area (Å²) >= 11 is 5.83. The lowest BCUT2D eigenvalue weighted by Gasteiger charge is -2.11. The zero-order valence-electron chi connectivity index (χ0n) is 12.6. The predicted octanol–water partition coefficient (Wildman–Crippen LogP) is 4.90. The number of hydrogen-bond donors (Lipinski definition) is 1. The number of sulfonamides is 1. The molecule has 3 aromatic carbocycles. The quantitative estimate of drug-likeness (QED) is 0.682. The van der Waals surface area contributed by atoms with E-state index in [0.29, 0.717) is 0 Å². The minimum Gasteiger partial charge on any atom is -0.433 e. The number of nitrogens with one attached hydrogen (secondary N) is 1. The molecule has 0 amide bonds. The van der Waals surface area contributed by atoms with Crippen LogP contribution < -0.4 is 9.46 Å². The van der Waals surface area contributed by atoms with Gasteiger partial charge in [-0.15, -0.1) is 0 Å². The smallest absolute Gasteiger partial charge is 0.387 e. The lowest BCUT2D eigenvalue weighted by molar-refractivity contribution is -0.0497. The van der Waals surface area contributed by atoms with Crippen LogP contribution in [0.1, 0.15) is 0 Å². The first kappa shape index (κ1) is 17.4. The number of hydrogen-bond acceptors (Lipinski definition) is 3. The van der Waals surface area contributed by atoms with Gasteiger partial charge in [0.15, 0.2) is 0 Å². The van der Waals surface area contributed by atoms with Crippen molar-refractivity contribution >= 4 is 38.1 Å². The Morgan fingerprint density at radius 2 is 1.68 bits per heavy atom. The van der Waals surface area contributed by atoms with Crippen LogP contribution in [0.2, 0.25) is 5.02 Å². The summed E-state index contributed by atoms with van der Waals surface area (Å²) < 4.78 is 56.1. The summed E-state index contributed by atoms with van der Waals surface area (Å²) in [4.78, 5) is 0.0789. The first-order valence-electron chi connectivity index (χ1n) is 7.11. The van der Waals surface area contributed by atoms with Crippen LogP contribution in [0.4, 0.5) is 14.5 Å². The monoisotopic (exact) mass is 383 g/mol. The van der Waals surface area contributed by atoms with Crippen molar-refractivity contribution in [1.29, 1.82) is 0 Å². The molecule has 8 heteroatoms. The van der Waals surface area contributed by atoms with E-state index in [-0.39, 0.29) is 21.4 Å². The van der Waals surface area contributed by atoms with Crippen molar-refractivity contribution in [2.24, 2.45) is 0 Å². The first-order valence-corrected chi connectivity index (χ1v) is 8.97. The summed E-state index contributed by atoms with van der Waals surface area (Å²) in [6, 6.07) is 15.8. The Morgan fingerprint density at radius 3 is 2.36 bits per heavy atom. The summed E-state index contributed by atoms with van der Waals surface area (Å²) in [5.74, 6) is -0.231. The highest BCUT2D eigenvalue weighted by atomic mass is 35.5. The number of ether oxygens (including phenoxy) is 1. The third kappa shape index (κ3) is 4.00. The lowest BCUT2D eigenvalue weighted by Crippen LogP contribution is -2.13. The fourth-order valence-electron chi connectivity index (χ4n) is 2.30. The minimum atomic E-state index is -3.86. The van der Waals surface area contributed by atoms with Crippen LogP contribution >= 0.6 is 11.6 Å². The maximum Gasteiger partial charge on any atom is 0.387 e. The number of anilines is 1. The summed E-state index contributed by atoms with van der Waals surface area (Å²) in [6.45, 7) is -3.02. The molecular weight excluding hydrogens is 372 g/mol. The third-order valence-corrected chi connectivity index (χ3v) is 5.11. The van der Waals surface area contributed by atoms with E-state index in [2.05, 4.69) is 9.46 Å². The van der Waals surface area contributed by atoms with Gasteiger partial charge in [-0.2, -0.15) is 8.78 Å². The molecule has 4 nitrogen and oxygen atoms in total. The van der Waals surface area contributed by atoms with E-state index in [1.165, 1.54) is 24.3 Å². The van der Waals surface area contributed by atoms with Crippen molar-refractivity contribution in [3.8, 4) is 5.75 Å². The van der Waals surface area contributed by atoms with Crippen molar-refractivity contribution in [3.63, 3.8) is 0 Å². The van der Waals surface area contributed by atoms with Crippen LogP contribution in [0.3, 0.4) is 0 Å². The largest absolute Gasteiger partial charge is 0.433 e. The Hall–Kier alpha value is -2.38. The molecule has 0 aliphatic carbocycles. The molecule has 0 aliphatic rings. The van der Waals surface area contributed by atoms with Crippen molar-refractivity contribution < 1.29 is 21.9 Å². The van der Waals surface area contributed by atoms with E-state index < -0.39 is 16.6 Å². The molecule has 25 heavy (non-hydrogen) atoms. The minimum absolute atomic E-state index is 0.0789. The van der Waals surface area contributed by atoms with E-state index in [0.717, 1.165) is 10.8 Å². The number of halogens is 3. The van der Waals surface area contributed by atoms with Gasteiger partial charge in [-0.05, 0) is 41.1 Å². The molecule has 0 saturated heterocycles. The molecule has 1 N–H and O–H groups in total. The molecule has 0 bridgehead atoms. The second-order valence-electron chi connectivity index (χ2n) is 5.14. The molecule has 0 spiro atoms. The molecule has 0 aromatic heterocycles. The van der Waals surface area contributed by atoms with Crippen molar-refractivity contribution in [2.75, 3.05) is 4.72 Å². The molecule has 0 unspecified atom stereocenters. The molecule has 0 fully saturated rings. The first-order chi connectivity index (χ1) is 11.8. The number of rotatable bonds is 5. The molecule has 0 radical (unpaired) electrons. The number of alkyl halides is 2. The van der Waals surface area contributed by atoms with E-state index in [4.69, 9.17) is 11.6 Å². The van der Waals surface area contributed by atoms with Crippen molar-refractivity contribution in [3.05, 3.63) is 65.7 Å². The number of fused-ring (bicyclic) bond motifs is 1. The second kappa shape index (κ2) is 6.85. The standard InChI is InChI=1S/C17H12ClF2NO3S/c18-15-10-13(6-8-16(15)24-17(19)20)21-25(22,23)14-7-5-11-3-1-2-4-12(11)9-14/h1-10,17,21H. The van der Waals surface area contributed by atoms with Gasteiger partial charge in [0.05, 0.1) is 15.6 Å². The normalized spacial score (nSPS) is 11.7. The lowest BCUT2D eigenvalue weighted by atomic mass is 10.1. The average Bonchev–Trinajstić information content (AvgIpc) is 2.56. The molecule has 3 aromatic rings. The zero-order valence-corrected chi connectivity index (χ0v) is 14.2. The fraction of sp³-hybridized carbons (Fsp3) is 0.0588. The predicted molar refractivity (Wildman–Crippen MR) is 92.8 cm³/mol. The molecule has 0 aliphatic heterocycles. The number of benzene rings is 3. The van der Waals surface area contributed by atoms with Gasteiger partial charge >= 0.3 is 6.61 Å². The topological polar surface area (TPSA) is 55.4 Å². The maximum atomic E-state index is 12.5. The van der Waals surface area contributed by atoms with Gasteiger partial charge in [-0.3, -0.25) is 4.72 Å². The van der Waals surface area contributed by atoms with Gasteiger partial charge in [0, 0.05) is 0 Å². The molecule has 0 heterocycles. The second-order valence-corrected chi connectivity index (χ2v) is 7.23. The van der Waals surface area contributed by atoms with Crippen LogP contribution in [-0.2, 0) is 10.0 Å². The van der Waals surface area contributed by atoms with E-state index in [1.54, 1.807) is 12.1 Å². The Balaban J connectivity index is 1.88. The van der Waals surface area contributed by atoms with Crippen molar-refractivity contribution in [1.82, 2.24) is 0 Å². The van der Waals surface area contributed by atoms with E-state index in [9.17, 15) is 17.2 Å². The summed E-state index contributed by atoms with van der Waals surface area (Å²) in [5, 5.41) is 1.57. The van der Waals surface area contributed by atoms with Gasteiger partial charge in [0.25, 0.3) is 10.0 Å². The van der Waals surface area contributed by atoms with Gasteiger partial charge in [-0.25, -0.2) is 8.42 Å². The Bertz CT molecular complexity index is 1030. The van der Waals surface area contributed by atoms with Crippen LogP contribution in [0, 0.1) is 0 Å². The zero-order chi connectivity index (χ0) is 18.0. The average molecular weight is 384 g/mol. The maximum absolute atomic E-state index is 12.5. The summed E-state index contributed by atoms with van der Waals surface area (Å²) in [7, 11) is -3.86. The van der Waals surface area contributed by atoms with Crippen molar-refractivity contribution in [2.45, 2.75) is 11.5 Å². The summed E-state index contributed by atoms with van der Waals surface area (Å²) in [5.41, 5.74) is 0.139. The molecule has 0 atom stereocenters. The Labute approximate surface area is 148 Å². The van der Waals surface area contributed by atoms with Gasteiger partial charge < -0.3 is 4.74 Å². The highest BCUT2D eigenvalue weighted by Crippen LogP contribution is 2.30. The van der Waals surface area contributed by atoms with Gasteiger partial charge in [0.2, 0.25) is 0 Å². The van der Waals surface area contributed by atoms with Crippen LogP contribution in [0.5, 0.6) is 5.75 Å². The van der Waals surface area contributed by atoms with Crippen LogP contribution in [-0.4, -0.2) is 15.0 Å². The van der Waals surface area contributed by atoms with E-state index >= 15 is 0 Å². The van der Waals surface area contributed by atoms with Crippen LogP contribution in [0.15, 0.2) is 65.6 Å². The Kier molecular flexibility index (Phi) is 4.78. The molecule has 130 valence electrons. The SMILES string of the molecule is O=S(=O)(Nc1ccc(OC(F)F)c(Cl)c1)c1ccc2ccccc2c1. The highest BCUT2D eigenvalue weighted by molar-refractivity contribution is 7.92. The summed E-state index contributed by atoms with van der Waals surface area (Å²) in [6.07, 6.45) is 0. The third-order valence-electron chi connectivity index (χ3n) is 3.43. The molecule has 0 saturated carbocycles. The molecular formula is C17H12ClF2NO3S. The highest BCUT2D eigenvalue weighted by Gasteiger charge is 2.16. The van der Waals surface area contributed by atoms with Crippen LogP contribution in [0.25, 0.3) is 10.8 Å². The van der Waals surface area contributed by atoms with Gasteiger partial charge in [-0.1, -0.05) is 41.9 Å².